The van der Waals surface area contributed by atoms with Crippen molar-refractivity contribution in [1.29, 1.82) is 0 Å². The van der Waals surface area contributed by atoms with Crippen LogP contribution in [0, 0.1) is 0 Å². The molecule has 0 unspecified atom stereocenters. The molecule has 1 aromatic rings. The van der Waals surface area contributed by atoms with Crippen molar-refractivity contribution in [2.24, 2.45) is 7.05 Å². The second kappa shape index (κ2) is 6.54. The molecule has 2 heterocycles. The number of amides is 2. The van der Waals surface area contributed by atoms with Gasteiger partial charge in [0.1, 0.15) is 5.82 Å². The van der Waals surface area contributed by atoms with E-state index in [1.807, 2.05) is 24.7 Å². The maximum absolute atomic E-state index is 12.1. The molecule has 1 aliphatic rings. The Morgan fingerprint density at radius 3 is 2.65 bits per heavy atom. The van der Waals surface area contributed by atoms with Crippen LogP contribution in [0.4, 0.5) is 0 Å². The van der Waals surface area contributed by atoms with Gasteiger partial charge in [-0.05, 0) is 19.3 Å². The molecule has 1 fully saturated rings. The van der Waals surface area contributed by atoms with Crippen molar-refractivity contribution in [3.05, 3.63) is 18.2 Å². The van der Waals surface area contributed by atoms with Crippen LogP contribution in [0.5, 0.6) is 0 Å². The van der Waals surface area contributed by atoms with Gasteiger partial charge in [0.2, 0.25) is 0 Å². The van der Waals surface area contributed by atoms with E-state index in [2.05, 4.69) is 10.3 Å². The molecule has 6 heteroatoms. The minimum absolute atomic E-state index is 0.209. The summed E-state index contributed by atoms with van der Waals surface area (Å²) in [6.07, 6.45) is 7.19. The molecular weight excluding hydrogens is 256 g/mol. The Balaban J connectivity index is 2.02. The standard InChI is InChI=1S/C14H22N4O2/c1-3-6-11(12-15-7-10-17(12)2)16-13(19)14(20)18-8-4-5-9-18/h7,10-11H,3-6,8-9H2,1-2H3,(H,16,19)/t11-/m0/s1. The minimum Gasteiger partial charge on any atom is -0.338 e. The summed E-state index contributed by atoms with van der Waals surface area (Å²) in [5.41, 5.74) is 0. The van der Waals surface area contributed by atoms with Crippen LogP contribution in [0.25, 0.3) is 0 Å². The summed E-state index contributed by atoms with van der Waals surface area (Å²) < 4.78 is 1.88. The van der Waals surface area contributed by atoms with Crippen molar-refractivity contribution in [3.63, 3.8) is 0 Å². The van der Waals surface area contributed by atoms with Gasteiger partial charge in [-0.2, -0.15) is 0 Å². The monoisotopic (exact) mass is 278 g/mol. The van der Waals surface area contributed by atoms with E-state index in [9.17, 15) is 9.59 Å². The molecule has 1 atom stereocenters. The number of carbonyl (C=O) groups excluding carboxylic acids is 2. The molecule has 0 saturated carbocycles. The molecule has 6 nitrogen and oxygen atoms in total. The van der Waals surface area contributed by atoms with Crippen molar-refractivity contribution >= 4 is 11.8 Å². The lowest BCUT2D eigenvalue weighted by molar-refractivity contribution is -0.145. The third-order valence-electron chi connectivity index (χ3n) is 3.64. The number of aryl methyl sites for hydroxylation is 1. The van der Waals surface area contributed by atoms with Gasteiger partial charge in [-0.1, -0.05) is 13.3 Å². The van der Waals surface area contributed by atoms with Gasteiger partial charge < -0.3 is 14.8 Å². The van der Waals surface area contributed by atoms with Crippen LogP contribution < -0.4 is 5.32 Å². The van der Waals surface area contributed by atoms with Crippen molar-refractivity contribution in [1.82, 2.24) is 19.8 Å². The van der Waals surface area contributed by atoms with E-state index in [1.54, 1.807) is 11.1 Å². The molecule has 0 bridgehead atoms. The second-order valence-electron chi connectivity index (χ2n) is 5.21. The number of nitrogens with one attached hydrogen (secondary N) is 1. The molecule has 1 aromatic heterocycles. The first kappa shape index (κ1) is 14.6. The summed E-state index contributed by atoms with van der Waals surface area (Å²) in [6, 6.07) is -0.209. The van der Waals surface area contributed by atoms with E-state index in [1.165, 1.54) is 0 Å². The fraction of sp³-hybridized carbons (Fsp3) is 0.643. The SMILES string of the molecule is CCC[C@H](NC(=O)C(=O)N1CCCC1)c1nccn1C. The Morgan fingerprint density at radius 2 is 2.10 bits per heavy atom. The van der Waals surface area contributed by atoms with Crippen LogP contribution >= 0.6 is 0 Å². The summed E-state index contributed by atoms with van der Waals surface area (Å²) in [4.78, 5) is 30.0. The number of imidazole rings is 1. The largest absolute Gasteiger partial charge is 0.338 e. The zero-order chi connectivity index (χ0) is 14.5. The third kappa shape index (κ3) is 3.18. The van der Waals surface area contributed by atoms with Gasteiger partial charge in [-0.15, -0.1) is 0 Å². The van der Waals surface area contributed by atoms with Gasteiger partial charge in [0.15, 0.2) is 0 Å². The number of hydrogen-bond donors (Lipinski definition) is 1. The number of rotatable bonds is 4. The van der Waals surface area contributed by atoms with Gasteiger partial charge in [0, 0.05) is 32.5 Å². The van der Waals surface area contributed by atoms with Gasteiger partial charge in [0.25, 0.3) is 0 Å². The Labute approximate surface area is 119 Å². The normalized spacial score (nSPS) is 16.2. The zero-order valence-corrected chi connectivity index (χ0v) is 12.1. The van der Waals surface area contributed by atoms with Gasteiger partial charge in [-0.3, -0.25) is 9.59 Å². The van der Waals surface area contributed by atoms with E-state index in [4.69, 9.17) is 0 Å². The molecule has 2 amide bonds. The number of hydrogen-bond acceptors (Lipinski definition) is 3. The van der Waals surface area contributed by atoms with Crippen LogP contribution in [0.1, 0.15) is 44.5 Å². The first-order valence-corrected chi connectivity index (χ1v) is 7.20. The molecule has 20 heavy (non-hydrogen) atoms. The number of aromatic nitrogens is 2. The molecule has 1 aliphatic heterocycles. The van der Waals surface area contributed by atoms with Crippen molar-refractivity contribution < 1.29 is 9.59 Å². The Hall–Kier alpha value is -1.85. The summed E-state index contributed by atoms with van der Waals surface area (Å²) in [5, 5.41) is 2.82. The first-order chi connectivity index (χ1) is 9.63. The zero-order valence-electron chi connectivity index (χ0n) is 12.1. The fourth-order valence-electron chi connectivity index (χ4n) is 2.55. The lowest BCUT2D eigenvalue weighted by Crippen LogP contribution is -2.43. The summed E-state index contributed by atoms with van der Waals surface area (Å²) in [5.74, 6) is -0.152. The highest BCUT2D eigenvalue weighted by Gasteiger charge is 2.27. The van der Waals surface area contributed by atoms with Crippen LogP contribution in [0.2, 0.25) is 0 Å². The molecule has 0 aliphatic carbocycles. The lowest BCUT2D eigenvalue weighted by Gasteiger charge is -2.20. The number of likely N-dealkylation sites (tertiary alicyclic amines) is 1. The highest BCUT2D eigenvalue weighted by atomic mass is 16.2. The molecule has 110 valence electrons. The van der Waals surface area contributed by atoms with Gasteiger partial charge in [0.05, 0.1) is 6.04 Å². The molecule has 0 radical (unpaired) electrons. The maximum atomic E-state index is 12.1. The van der Waals surface area contributed by atoms with Crippen LogP contribution in [0.15, 0.2) is 12.4 Å². The van der Waals surface area contributed by atoms with E-state index in [-0.39, 0.29) is 6.04 Å². The molecular formula is C14H22N4O2. The fourth-order valence-corrected chi connectivity index (χ4v) is 2.55. The first-order valence-electron chi connectivity index (χ1n) is 7.20. The highest BCUT2D eigenvalue weighted by molar-refractivity contribution is 6.35. The average molecular weight is 278 g/mol. The predicted octanol–water partition coefficient (Wildman–Crippen LogP) is 1.000. The molecule has 0 spiro atoms. The number of carbonyl (C=O) groups is 2. The van der Waals surface area contributed by atoms with Gasteiger partial charge >= 0.3 is 11.8 Å². The number of nitrogens with zero attached hydrogens (tertiary/aromatic N) is 3. The molecule has 1 saturated heterocycles. The summed E-state index contributed by atoms with van der Waals surface area (Å²) in [7, 11) is 1.89. The van der Waals surface area contributed by atoms with E-state index in [0.29, 0.717) is 13.1 Å². The predicted molar refractivity (Wildman–Crippen MR) is 74.8 cm³/mol. The summed E-state index contributed by atoms with van der Waals surface area (Å²) in [6.45, 7) is 3.42. The van der Waals surface area contributed by atoms with Crippen LogP contribution in [-0.4, -0.2) is 39.4 Å². The summed E-state index contributed by atoms with van der Waals surface area (Å²) >= 11 is 0. The topological polar surface area (TPSA) is 67.2 Å². The van der Waals surface area contributed by atoms with Crippen LogP contribution in [0.3, 0.4) is 0 Å². The van der Waals surface area contributed by atoms with Crippen molar-refractivity contribution in [2.75, 3.05) is 13.1 Å². The minimum atomic E-state index is -0.520. The van der Waals surface area contributed by atoms with E-state index >= 15 is 0 Å². The van der Waals surface area contributed by atoms with Crippen LogP contribution in [-0.2, 0) is 16.6 Å². The molecule has 0 aromatic carbocycles. The quantitative estimate of drug-likeness (QED) is 0.836. The van der Waals surface area contributed by atoms with Crippen molar-refractivity contribution in [2.45, 2.75) is 38.6 Å². The maximum Gasteiger partial charge on any atom is 0.311 e. The Morgan fingerprint density at radius 1 is 1.40 bits per heavy atom. The van der Waals surface area contributed by atoms with Crippen molar-refractivity contribution in [3.8, 4) is 0 Å². The smallest absolute Gasteiger partial charge is 0.311 e. The highest BCUT2D eigenvalue weighted by Crippen LogP contribution is 2.16. The Kier molecular flexibility index (Phi) is 4.76. The van der Waals surface area contributed by atoms with Gasteiger partial charge in [-0.25, -0.2) is 4.98 Å². The lowest BCUT2D eigenvalue weighted by atomic mass is 10.1. The second-order valence-corrected chi connectivity index (χ2v) is 5.21. The van der Waals surface area contributed by atoms with E-state index in [0.717, 1.165) is 31.5 Å². The van der Waals surface area contributed by atoms with E-state index < -0.39 is 11.8 Å². The third-order valence-corrected chi connectivity index (χ3v) is 3.64. The average Bonchev–Trinajstić information content (AvgIpc) is 3.08. The Bertz CT molecular complexity index is 477. The molecule has 1 N–H and O–H groups in total. The molecule has 2 rings (SSSR count).